The van der Waals surface area contributed by atoms with Gasteiger partial charge in [0.15, 0.2) is 0 Å². The molecule has 0 amide bonds. The fourth-order valence-electron chi connectivity index (χ4n) is 6.54. The van der Waals surface area contributed by atoms with Crippen molar-refractivity contribution >= 4 is 69.0 Å². The van der Waals surface area contributed by atoms with Crippen LogP contribution in [0.2, 0.25) is 0 Å². The number of thiol groups is 1. The second kappa shape index (κ2) is 10.0. The molecule has 0 bridgehead atoms. The van der Waals surface area contributed by atoms with E-state index < -0.39 is 0 Å². The Bertz CT molecular complexity index is 2000. The van der Waals surface area contributed by atoms with E-state index in [1.165, 1.54) is 70.0 Å². The van der Waals surface area contributed by atoms with Crippen molar-refractivity contribution in [2.45, 2.75) is 14.7 Å². The molecule has 0 atom stereocenters. The highest BCUT2D eigenvalue weighted by molar-refractivity contribution is 8.00. The van der Waals surface area contributed by atoms with E-state index in [0.29, 0.717) is 0 Å². The maximum absolute atomic E-state index is 5.06. The Morgan fingerprint density at radius 1 is 0.415 bits per heavy atom. The molecule has 0 saturated heterocycles. The van der Waals surface area contributed by atoms with Gasteiger partial charge in [0.05, 0.1) is 0 Å². The van der Waals surface area contributed by atoms with Gasteiger partial charge in [-0.1, -0.05) is 156 Å². The van der Waals surface area contributed by atoms with E-state index >= 15 is 0 Å². The van der Waals surface area contributed by atoms with Crippen molar-refractivity contribution in [1.82, 2.24) is 0 Å². The van der Waals surface area contributed by atoms with E-state index in [2.05, 4.69) is 146 Å². The van der Waals surface area contributed by atoms with Gasteiger partial charge >= 0.3 is 0 Å². The summed E-state index contributed by atoms with van der Waals surface area (Å²) in [4.78, 5) is 3.65. The van der Waals surface area contributed by atoms with Gasteiger partial charge in [0.25, 0.3) is 0 Å². The van der Waals surface area contributed by atoms with Gasteiger partial charge in [-0.05, 0) is 66.9 Å². The molecule has 0 nitrogen and oxygen atoms in total. The van der Waals surface area contributed by atoms with Gasteiger partial charge in [-0.15, -0.1) is 12.6 Å². The Labute approximate surface area is 250 Å². The van der Waals surface area contributed by atoms with E-state index in [4.69, 9.17) is 12.6 Å². The largest absolute Gasteiger partial charge is 0.245 e. The van der Waals surface area contributed by atoms with Crippen LogP contribution in [0.4, 0.5) is 0 Å². The van der Waals surface area contributed by atoms with Gasteiger partial charge in [0.2, 0.25) is 6.71 Å². The SMILES string of the molecule is Sc1ccc(-c2c3ccccc3c(-c3ccccc3)c3ccccc23)cc1B1c2ccccc2Sc2ccccc21. The van der Waals surface area contributed by atoms with E-state index in [0.717, 1.165) is 4.90 Å². The van der Waals surface area contributed by atoms with Crippen molar-refractivity contribution in [2.24, 2.45) is 0 Å². The minimum Gasteiger partial charge on any atom is -0.144 e. The molecule has 41 heavy (non-hydrogen) atoms. The molecule has 0 spiro atoms. The molecule has 0 N–H and O–H groups in total. The first-order chi connectivity index (χ1) is 20.3. The molecule has 1 heterocycles. The molecular formula is C38H25BS2. The fourth-order valence-corrected chi connectivity index (χ4v) is 7.95. The van der Waals surface area contributed by atoms with Gasteiger partial charge < -0.3 is 0 Å². The second-order valence-corrected chi connectivity index (χ2v) is 12.2. The van der Waals surface area contributed by atoms with Crippen molar-refractivity contribution in [3.05, 3.63) is 146 Å². The summed E-state index contributed by atoms with van der Waals surface area (Å²) in [5.74, 6) is 0. The van der Waals surface area contributed by atoms with E-state index in [-0.39, 0.29) is 6.71 Å². The summed E-state index contributed by atoms with van der Waals surface area (Å²) in [5.41, 5.74) is 8.96. The maximum atomic E-state index is 5.06. The van der Waals surface area contributed by atoms with Crippen LogP contribution in [0.1, 0.15) is 0 Å². The summed E-state index contributed by atoms with van der Waals surface area (Å²) < 4.78 is 0. The lowest BCUT2D eigenvalue weighted by Gasteiger charge is -2.27. The van der Waals surface area contributed by atoms with E-state index in [1.807, 2.05) is 11.8 Å². The number of hydrogen-bond donors (Lipinski definition) is 1. The molecule has 0 radical (unpaired) electrons. The topological polar surface area (TPSA) is 0 Å². The average molecular weight is 557 g/mol. The Morgan fingerprint density at radius 3 is 1.44 bits per heavy atom. The lowest BCUT2D eigenvalue weighted by molar-refractivity contribution is 1.42. The molecule has 7 aromatic rings. The fraction of sp³-hybridized carbons (Fsp3) is 0. The molecule has 192 valence electrons. The molecule has 0 aliphatic carbocycles. The zero-order chi connectivity index (χ0) is 27.3. The van der Waals surface area contributed by atoms with Crippen LogP contribution in [0.5, 0.6) is 0 Å². The molecule has 0 saturated carbocycles. The van der Waals surface area contributed by atoms with Gasteiger partial charge in [0.1, 0.15) is 0 Å². The van der Waals surface area contributed by atoms with Crippen molar-refractivity contribution < 1.29 is 0 Å². The predicted octanol–water partition coefficient (Wildman–Crippen LogP) is 8.60. The van der Waals surface area contributed by atoms with Gasteiger partial charge in [0, 0.05) is 9.79 Å². The minimum atomic E-state index is 0.122. The molecule has 0 aromatic heterocycles. The Balaban J connectivity index is 1.42. The highest BCUT2D eigenvalue weighted by Crippen LogP contribution is 2.43. The molecular weight excluding hydrogens is 531 g/mol. The predicted molar refractivity (Wildman–Crippen MR) is 181 cm³/mol. The average Bonchev–Trinajstić information content (AvgIpc) is 3.03. The molecule has 8 rings (SSSR count). The lowest BCUT2D eigenvalue weighted by atomic mass is 9.36. The molecule has 7 aromatic carbocycles. The number of rotatable bonds is 3. The van der Waals surface area contributed by atoms with Gasteiger partial charge in [-0.2, -0.15) is 0 Å². The third-order valence-electron chi connectivity index (χ3n) is 8.30. The number of hydrogen-bond acceptors (Lipinski definition) is 2. The third kappa shape index (κ3) is 4.03. The summed E-state index contributed by atoms with van der Waals surface area (Å²) in [7, 11) is 0. The molecule has 0 unspecified atom stereocenters. The van der Waals surface area contributed by atoms with Crippen LogP contribution >= 0.6 is 24.4 Å². The van der Waals surface area contributed by atoms with Crippen molar-refractivity contribution in [3.63, 3.8) is 0 Å². The number of fused-ring (bicyclic) bond motifs is 4. The summed E-state index contributed by atoms with van der Waals surface area (Å²) >= 11 is 6.92. The highest BCUT2D eigenvalue weighted by atomic mass is 32.2. The zero-order valence-corrected chi connectivity index (χ0v) is 24.0. The minimum absolute atomic E-state index is 0.122. The quantitative estimate of drug-likeness (QED) is 0.129. The van der Waals surface area contributed by atoms with Crippen LogP contribution < -0.4 is 16.4 Å². The summed E-state index contributed by atoms with van der Waals surface area (Å²) in [6.07, 6.45) is 0. The van der Waals surface area contributed by atoms with Crippen molar-refractivity contribution in [3.8, 4) is 22.3 Å². The van der Waals surface area contributed by atoms with Crippen molar-refractivity contribution in [1.29, 1.82) is 0 Å². The van der Waals surface area contributed by atoms with Crippen LogP contribution in [-0.4, -0.2) is 6.71 Å². The first-order valence-electron chi connectivity index (χ1n) is 14.0. The Kier molecular flexibility index (Phi) is 6.02. The normalized spacial score (nSPS) is 12.4. The number of benzene rings is 7. The molecule has 0 fully saturated rings. The molecule has 1 aliphatic heterocycles. The lowest BCUT2D eigenvalue weighted by Crippen LogP contribution is -2.55. The second-order valence-electron chi connectivity index (χ2n) is 10.6. The standard InChI is InChI=1S/C38H25BS2/c40-34-23-22-26(24-33(34)39-31-18-8-10-20-35(31)41-36-21-11-9-19-32(36)39)38-29-16-6-4-14-27(29)37(25-12-2-1-3-13-25)28-15-5-7-17-30(28)38/h1-24,40H. The van der Waals surface area contributed by atoms with E-state index in [9.17, 15) is 0 Å². The smallest absolute Gasteiger partial charge is 0.144 e. The Hall–Kier alpha value is -4.18. The third-order valence-corrected chi connectivity index (χ3v) is 9.89. The highest BCUT2D eigenvalue weighted by Gasteiger charge is 2.32. The summed E-state index contributed by atoms with van der Waals surface area (Å²) in [6, 6.07) is 53.0. The van der Waals surface area contributed by atoms with Crippen LogP contribution in [0.25, 0.3) is 43.8 Å². The summed E-state index contributed by atoms with van der Waals surface area (Å²) in [5, 5.41) is 5.08. The summed E-state index contributed by atoms with van der Waals surface area (Å²) in [6.45, 7) is 0.122. The van der Waals surface area contributed by atoms with Crippen LogP contribution in [0.15, 0.2) is 160 Å². The van der Waals surface area contributed by atoms with Gasteiger partial charge in [-0.3, -0.25) is 0 Å². The van der Waals surface area contributed by atoms with Gasteiger partial charge in [-0.25, -0.2) is 0 Å². The first kappa shape index (κ1) is 24.6. The van der Waals surface area contributed by atoms with Crippen LogP contribution in [0.3, 0.4) is 0 Å². The maximum Gasteiger partial charge on any atom is 0.245 e. The molecule has 1 aliphatic rings. The van der Waals surface area contributed by atoms with E-state index in [1.54, 1.807) is 0 Å². The van der Waals surface area contributed by atoms with Crippen LogP contribution in [0, 0.1) is 0 Å². The molecule has 3 heteroatoms. The van der Waals surface area contributed by atoms with Crippen molar-refractivity contribution in [2.75, 3.05) is 0 Å². The monoisotopic (exact) mass is 556 g/mol. The zero-order valence-electron chi connectivity index (χ0n) is 22.3. The first-order valence-corrected chi connectivity index (χ1v) is 15.2. The van der Waals surface area contributed by atoms with Crippen LogP contribution in [-0.2, 0) is 0 Å². The Morgan fingerprint density at radius 2 is 0.878 bits per heavy atom.